The van der Waals surface area contributed by atoms with Gasteiger partial charge in [0.25, 0.3) is 0 Å². The zero-order chi connectivity index (χ0) is 16.7. The van der Waals surface area contributed by atoms with Crippen LogP contribution in [-0.4, -0.2) is 36.6 Å². The minimum absolute atomic E-state index is 0.0563. The Kier molecular flexibility index (Phi) is 6.32. The van der Waals surface area contributed by atoms with E-state index in [1.165, 1.54) is 0 Å². The molecule has 0 spiro atoms. The molecule has 0 heterocycles. The first-order chi connectivity index (χ1) is 11.1. The van der Waals surface area contributed by atoms with Crippen LogP contribution in [0.15, 0.2) is 60.7 Å². The summed E-state index contributed by atoms with van der Waals surface area (Å²) < 4.78 is 0. The van der Waals surface area contributed by atoms with Gasteiger partial charge in [-0.1, -0.05) is 60.7 Å². The maximum atomic E-state index is 12.3. The number of nitrogens with one attached hydrogen (secondary N) is 1. The smallest absolute Gasteiger partial charge is 0.223 e. The molecular weight excluding hydrogens is 288 g/mol. The normalized spacial score (nSPS) is 13.6. The molecule has 23 heavy (non-hydrogen) atoms. The summed E-state index contributed by atoms with van der Waals surface area (Å²) in [6.07, 6.45) is -0.729. The van der Waals surface area contributed by atoms with Gasteiger partial charge in [-0.3, -0.25) is 4.79 Å². The second-order valence-electron chi connectivity index (χ2n) is 5.92. The molecule has 1 amide bonds. The quantitative estimate of drug-likeness (QED) is 0.826. The van der Waals surface area contributed by atoms with E-state index in [-0.39, 0.29) is 18.4 Å². The van der Waals surface area contributed by atoms with E-state index in [0.29, 0.717) is 6.54 Å². The van der Waals surface area contributed by atoms with E-state index in [2.05, 4.69) is 5.32 Å². The largest absolute Gasteiger partial charge is 0.388 e. The Hall–Kier alpha value is -2.17. The monoisotopic (exact) mass is 312 g/mol. The number of amides is 1. The Balaban J connectivity index is 2.00. The maximum absolute atomic E-state index is 12.3. The Bertz CT molecular complexity index is 599. The number of hydrogen-bond acceptors (Lipinski definition) is 3. The SMILES string of the molecule is CN(C)CC(NC(=O)CC(O)c1ccccc1)c1ccccc1. The number of likely N-dealkylation sites (N-methyl/N-ethyl adjacent to an activating group) is 1. The number of aliphatic hydroxyl groups excluding tert-OH is 1. The first kappa shape index (κ1) is 17.2. The molecule has 4 nitrogen and oxygen atoms in total. The van der Waals surface area contributed by atoms with Gasteiger partial charge in [-0.15, -0.1) is 0 Å². The van der Waals surface area contributed by atoms with Crippen molar-refractivity contribution in [2.24, 2.45) is 0 Å². The average molecular weight is 312 g/mol. The van der Waals surface area contributed by atoms with Crippen LogP contribution in [0.1, 0.15) is 29.7 Å². The standard InChI is InChI=1S/C19H24N2O2/c1-21(2)14-17(15-9-5-3-6-10-15)20-19(23)13-18(22)16-11-7-4-8-12-16/h3-12,17-18,22H,13-14H2,1-2H3,(H,20,23). The Morgan fingerprint density at radius 1 is 1.00 bits per heavy atom. The van der Waals surface area contributed by atoms with Gasteiger partial charge in [0.05, 0.1) is 18.6 Å². The Morgan fingerprint density at radius 3 is 2.04 bits per heavy atom. The molecular formula is C19H24N2O2. The minimum Gasteiger partial charge on any atom is -0.388 e. The Morgan fingerprint density at radius 2 is 1.52 bits per heavy atom. The van der Waals surface area contributed by atoms with Gasteiger partial charge in [0, 0.05) is 6.54 Å². The van der Waals surface area contributed by atoms with Crippen LogP contribution in [-0.2, 0) is 4.79 Å². The van der Waals surface area contributed by atoms with Crippen molar-refractivity contribution in [3.8, 4) is 0 Å². The van der Waals surface area contributed by atoms with Crippen molar-refractivity contribution in [2.75, 3.05) is 20.6 Å². The highest BCUT2D eigenvalue weighted by atomic mass is 16.3. The van der Waals surface area contributed by atoms with Crippen molar-refractivity contribution in [3.05, 3.63) is 71.8 Å². The van der Waals surface area contributed by atoms with E-state index in [0.717, 1.165) is 11.1 Å². The lowest BCUT2D eigenvalue weighted by molar-refractivity contribution is -0.124. The highest BCUT2D eigenvalue weighted by Gasteiger charge is 2.18. The molecule has 0 radical (unpaired) electrons. The van der Waals surface area contributed by atoms with E-state index < -0.39 is 6.10 Å². The van der Waals surface area contributed by atoms with Gasteiger partial charge in [-0.05, 0) is 25.2 Å². The van der Waals surface area contributed by atoms with E-state index in [9.17, 15) is 9.90 Å². The third-order valence-corrected chi connectivity index (χ3v) is 3.65. The van der Waals surface area contributed by atoms with Crippen molar-refractivity contribution < 1.29 is 9.90 Å². The Labute approximate surface area is 137 Å². The van der Waals surface area contributed by atoms with E-state index in [4.69, 9.17) is 0 Å². The van der Waals surface area contributed by atoms with Crippen molar-refractivity contribution >= 4 is 5.91 Å². The summed E-state index contributed by atoms with van der Waals surface area (Å²) in [6, 6.07) is 19.0. The fourth-order valence-electron chi connectivity index (χ4n) is 2.51. The third kappa shape index (κ3) is 5.51. The molecule has 0 saturated carbocycles. The van der Waals surface area contributed by atoms with Crippen LogP contribution in [0.4, 0.5) is 0 Å². The highest BCUT2D eigenvalue weighted by Crippen LogP contribution is 2.18. The van der Waals surface area contributed by atoms with Gasteiger partial charge < -0.3 is 15.3 Å². The average Bonchev–Trinajstić information content (AvgIpc) is 2.55. The van der Waals surface area contributed by atoms with Crippen molar-refractivity contribution in [2.45, 2.75) is 18.6 Å². The molecule has 0 aromatic heterocycles. The molecule has 4 heteroatoms. The van der Waals surface area contributed by atoms with Gasteiger partial charge in [-0.2, -0.15) is 0 Å². The second-order valence-corrected chi connectivity index (χ2v) is 5.92. The van der Waals surface area contributed by atoms with E-state index in [1.54, 1.807) is 0 Å². The van der Waals surface area contributed by atoms with Gasteiger partial charge in [-0.25, -0.2) is 0 Å². The summed E-state index contributed by atoms with van der Waals surface area (Å²) in [4.78, 5) is 14.3. The summed E-state index contributed by atoms with van der Waals surface area (Å²) >= 11 is 0. The second kappa shape index (κ2) is 8.46. The lowest BCUT2D eigenvalue weighted by Crippen LogP contribution is -2.35. The van der Waals surface area contributed by atoms with Crippen molar-refractivity contribution in [1.82, 2.24) is 10.2 Å². The van der Waals surface area contributed by atoms with Crippen LogP contribution < -0.4 is 5.32 Å². The molecule has 0 aliphatic carbocycles. The van der Waals surface area contributed by atoms with Crippen LogP contribution in [0.25, 0.3) is 0 Å². The van der Waals surface area contributed by atoms with Gasteiger partial charge >= 0.3 is 0 Å². The van der Waals surface area contributed by atoms with Crippen LogP contribution >= 0.6 is 0 Å². The van der Waals surface area contributed by atoms with Gasteiger partial charge in [0.15, 0.2) is 0 Å². The number of aliphatic hydroxyl groups is 1. The lowest BCUT2D eigenvalue weighted by atomic mass is 10.0. The summed E-state index contributed by atoms with van der Waals surface area (Å²) in [5.41, 5.74) is 1.82. The van der Waals surface area contributed by atoms with Crippen LogP contribution in [0.5, 0.6) is 0 Å². The lowest BCUT2D eigenvalue weighted by Gasteiger charge is -2.23. The molecule has 0 bridgehead atoms. The number of nitrogens with zero attached hydrogens (tertiary/aromatic N) is 1. The first-order valence-electron chi connectivity index (χ1n) is 7.78. The third-order valence-electron chi connectivity index (χ3n) is 3.65. The molecule has 0 aliphatic heterocycles. The van der Waals surface area contributed by atoms with Crippen molar-refractivity contribution in [3.63, 3.8) is 0 Å². The number of carbonyl (C=O) groups is 1. The maximum Gasteiger partial charge on any atom is 0.223 e. The molecule has 2 unspecified atom stereocenters. The number of carbonyl (C=O) groups excluding carboxylic acids is 1. The molecule has 122 valence electrons. The highest BCUT2D eigenvalue weighted by molar-refractivity contribution is 5.77. The molecule has 2 atom stereocenters. The van der Waals surface area contributed by atoms with Crippen LogP contribution in [0.2, 0.25) is 0 Å². The summed E-state index contributed by atoms with van der Waals surface area (Å²) in [7, 11) is 3.95. The molecule has 0 saturated heterocycles. The fraction of sp³-hybridized carbons (Fsp3) is 0.316. The topological polar surface area (TPSA) is 52.6 Å². The summed E-state index contributed by atoms with van der Waals surface area (Å²) in [5.74, 6) is -0.156. The van der Waals surface area contributed by atoms with Crippen molar-refractivity contribution in [1.29, 1.82) is 0 Å². The minimum atomic E-state index is -0.785. The predicted octanol–water partition coefficient (Wildman–Crippen LogP) is 2.53. The summed E-state index contributed by atoms with van der Waals surface area (Å²) in [6.45, 7) is 0.706. The van der Waals surface area contributed by atoms with E-state index in [1.807, 2.05) is 79.7 Å². The molecule has 2 rings (SSSR count). The van der Waals surface area contributed by atoms with Crippen LogP contribution in [0.3, 0.4) is 0 Å². The number of hydrogen-bond donors (Lipinski definition) is 2. The molecule has 0 fully saturated rings. The first-order valence-corrected chi connectivity index (χ1v) is 7.78. The van der Waals surface area contributed by atoms with Gasteiger partial charge in [0.1, 0.15) is 0 Å². The predicted molar refractivity (Wildman–Crippen MR) is 91.9 cm³/mol. The number of rotatable bonds is 7. The zero-order valence-corrected chi connectivity index (χ0v) is 13.6. The number of benzene rings is 2. The fourth-order valence-corrected chi connectivity index (χ4v) is 2.51. The van der Waals surface area contributed by atoms with E-state index >= 15 is 0 Å². The summed E-state index contributed by atoms with van der Waals surface area (Å²) in [5, 5.41) is 13.2. The molecule has 2 N–H and O–H groups in total. The zero-order valence-electron chi connectivity index (χ0n) is 13.6. The van der Waals surface area contributed by atoms with Gasteiger partial charge in [0.2, 0.25) is 5.91 Å². The molecule has 0 aliphatic rings. The van der Waals surface area contributed by atoms with Crippen LogP contribution in [0, 0.1) is 0 Å². The molecule has 2 aromatic rings. The molecule has 2 aromatic carbocycles.